The van der Waals surface area contributed by atoms with Crippen LogP contribution < -0.4 is 4.72 Å². The highest BCUT2D eigenvalue weighted by Crippen LogP contribution is 2.40. The fourth-order valence-electron chi connectivity index (χ4n) is 2.23. The normalized spacial score (nSPS) is 15.6. The molecule has 4 nitrogen and oxygen atoms in total. The van der Waals surface area contributed by atoms with Crippen molar-refractivity contribution in [1.29, 1.82) is 0 Å². The number of rotatable bonds is 4. The van der Waals surface area contributed by atoms with E-state index in [1.54, 1.807) is 18.2 Å². The zero-order valence-corrected chi connectivity index (χ0v) is 12.5. The maximum Gasteiger partial charge on any atom is 0.242 e. The second-order valence-corrected chi connectivity index (χ2v) is 7.21. The predicted molar refractivity (Wildman–Crippen MR) is 77.5 cm³/mol. The van der Waals surface area contributed by atoms with E-state index in [-0.39, 0.29) is 11.5 Å². The van der Waals surface area contributed by atoms with Crippen LogP contribution in [-0.2, 0) is 10.0 Å². The minimum atomic E-state index is -3.62. The second-order valence-electron chi connectivity index (χ2n) is 5.56. The van der Waals surface area contributed by atoms with Gasteiger partial charge in [0.2, 0.25) is 10.0 Å². The van der Waals surface area contributed by atoms with Crippen molar-refractivity contribution < 1.29 is 13.5 Å². The van der Waals surface area contributed by atoms with Gasteiger partial charge in [-0.2, -0.15) is 0 Å². The van der Waals surface area contributed by atoms with Gasteiger partial charge < -0.3 is 5.11 Å². The summed E-state index contributed by atoms with van der Waals surface area (Å²) in [6.07, 6.45) is 2.11. The molecular formula is C15H19NO3S. The zero-order valence-electron chi connectivity index (χ0n) is 11.7. The van der Waals surface area contributed by atoms with Crippen LogP contribution in [0, 0.1) is 17.8 Å². The Balaban J connectivity index is 2.34. The third kappa shape index (κ3) is 3.40. The van der Waals surface area contributed by atoms with Crippen LogP contribution in [0.5, 0.6) is 0 Å². The molecule has 0 amide bonds. The summed E-state index contributed by atoms with van der Waals surface area (Å²) in [5.41, 5.74) is -0.0447. The summed E-state index contributed by atoms with van der Waals surface area (Å²) in [6, 6.07) is 6.57. The molecule has 1 aliphatic rings. The van der Waals surface area contributed by atoms with Gasteiger partial charge in [-0.15, -0.1) is 0 Å². The van der Waals surface area contributed by atoms with Crippen LogP contribution in [0.25, 0.3) is 0 Å². The van der Waals surface area contributed by atoms with Gasteiger partial charge in [0.15, 0.2) is 0 Å². The Labute approximate surface area is 120 Å². The van der Waals surface area contributed by atoms with Crippen molar-refractivity contribution in [2.75, 3.05) is 6.61 Å². The fourth-order valence-corrected chi connectivity index (χ4v) is 3.86. The molecular weight excluding hydrogens is 274 g/mol. The molecule has 0 radical (unpaired) electrons. The van der Waals surface area contributed by atoms with E-state index in [0.29, 0.717) is 11.5 Å². The lowest BCUT2D eigenvalue weighted by Crippen LogP contribution is -2.45. The lowest BCUT2D eigenvalue weighted by molar-refractivity contribution is 0.350. The summed E-state index contributed by atoms with van der Waals surface area (Å²) in [6.45, 7) is 3.52. The summed E-state index contributed by atoms with van der Waals surface area (Å²) >= 11 is 0. The molecule has 0 unspecified atom stereocenters. The first kappa shape index (κ1) is 15.0. The third-order valence-corrected chi connectivity index (χ3v) is 5.20. The molecule has 20 heavy (non-hydrogen) atoms. The minimum absolute atomic E-state index is 0.162. The van der Waals surface area contributed by atoms with E-state index in [2.05, 4.69) is 16.6 Å². The van der Waals surface area contributed by atoms with Crippen molar-refractivity contribution in [3.8, 4) is 11.8 Å². The van der Waals surface area contributed by atoms with Crippen LogP contribution in [0.1, 0.15) is 32.3 Å². The van der Waals surface area contributed by atoms with Gasteiger partial charge in [-0.1, -0.05) is 24.0 Å². The number of sulfonamides is 1. The van der Waals surface area contributed by atoms with E-state index >= 15 is 0 Å². The van der Waals surface area contributed by atoms with Gasteiger partial charge in [0.25, 0.3) is 0 Å². The molecule has 1 aromatic rings. The van der Waals surface area contributed by atoms with Crippen LogP contribution >= 0.6 is 0 Å². The summed E-state index contributed by atoms with van der Waals surface area (Å²) in [4.78, 5) is 0.162. The van der Waals surface area contributed by atoms with Gasteiger partial charge in [-0.25, -0.2) is 13.1 Å². The molecule has 5 heteroatoms. The molecule has 0 aromatic heterocycles. The molecule has 0 aliphatic heterocycles. The molecule has 0 atom stereocenters. The smallest absolute Gasteiger partial charge is 0.242 e. The van der Waals surface area contributed by atoms with Crippen molar-refractivity contribution in [3.63, 3.8) is 0 Å². The lowest BCUT2D eigenvalue weighted by atomic mass is 10.0. The Morgan fingerprint density at radius 1 is 1.35 bits per heavy atom. The number of hydrogen-bond acceptors (Lipinski definition) is 3. The van der Waals surface area contributed by atoms with E-state index in [1.807, 2.05) is 13.8 Å². The van der Waals surface area contributed by atoms with Crippen LogP contribution in [0.3, 0.4) is 0 Å². The highest BCUT2D eigenvalue weighted by molar-refractivity contribution is 7.89. The SMILES string of the molecule is CC(C)(NS(=O)(=O)c1ccccc1C#CCO)C1CC1. The lowest BCUT2D eigenvalue weighted by Gasteiger charge is -2.26. The first-order chi connectivity index (χ1) is 9.37. The van der Waals surface area contributed by atoms with E-state index in [0.717, 1.165) is 12.8 Å². The Bertz CT molecular complexity index is 649. The summed E-state index contributed by atoms with van der Waals surface area (Å²) in [5.74, 6) is 5.57. The molecule has 0 saturated heterocycles. The van der Waals surface area contributed by atoms with Crippen LogP contribution in [0.4, 0.5) is 0 Å². The highest BCUT2D eigenvalue weighted by atomic mass is 32.2. The molecule has 0 bridgehead atoms. The Morgan fingerprint density at radius 3 is 2.60 bits per heavy atom. The molecule has 2 N–H and O–H groups in total. The average molecular weight is 293 g/mol. The van der Waals surface area contributed by atoms with E-state index < -0.39 is 15.6 Å². The molecule has 0 spiro atoms. The maximum atomic E-state index is 12.5. The predicted octanol–water partition coefficient (Wildman–Crippen LogP) is 1.50. The molecule has 1 aromatic carbocycles. The summed E-state index contributed by atoms with van der Waals surface area (Å²) in [7, 11) is -3.62. The Morgan fingerprint density at radius 2 is 2.00 bits per heavy atom. The number of benzene rings is 1. The van der Waals surface area contributed by atoms with Crippen molar-refractivity contribution in [1.82, 2.24) is 4.72 Å². The molecule has 1 aliphatic carbocycles. The Kier molecular flexibility index (Phi) is 4.19. The molecule has 1 saturated carbocycles. The van der Waals surface area contributed by atoms with Gasteiger partial charge in [0.1, 0.15) is 6.61 Å². The van der Waals surface area contributed by atoms with E-state index in [1.165, 1.54) is 6.07 Å². The monoisotopic (exact) mass is 293 g/mol. The largest absolute Gasteiger partial charge is 0.384 e. The molecule has 2 rings (SSSR count). The summed E-state index contributed by atoms with van der Waals surface area (Å²) in [5, 5.41) is 8.75. The number of nitrogens with one attached hydrogen (secondary N) is 1. The van der Waals surface area contributed by atoms with E-state index in [9.17, 15) is 8.42 Å². The van der Waals surface area contributed by atoms with Crippen molar-refractivity contribution in [2.24, 2.45) is 5.92 Å². The van der Waals surface area contributed by atoms with E-state index in [4.69, 9.17) is 5.11 Å². The van der Waals surface area contributed by atoms with Gasteiger partial charge in [-0.3, -0.25) is 0 Å². The quantitative estimate of drug-likeness (QED) is 0.827. The minimum Gasteiger partial charge on any atom is -0.384 e. The number of aliphatic hydroxyl groups is 1. The van der Waals surface area contributed by atoms with Crippen LogP contribution in [-0.4, -0.2) is 25.7 Å². The molecule has 1 fully saturated rings. The highest BCUT2D eigenvalue weighted by Gasteiger charge is 2.40. The van der Waals surface area contributed by atoms with Gasteiger partial charge in [-0.05, 0) is 44.7 Å². The third-order valence-electron chi connectivity index (χ3n) is 3.47. The maximum absolute atomic E-state index is 12.5. The number of aliphatic hydroxyl groups excluding tert-OH is 1. The zero-order chi connectivity index (χ0) is 14.8. The van der Waals surface area contributed by atoms with Gasteiger partial charge in [0.05, 0.1) is 4.90 Å². The van der Waals surface area contributed by atoms with Crippen LogP contribution in [0.2, 0.25) is 0 Å². The number of hydrogen-bond donors (Lipinski definition) is 2. The topological polar surface area (TPSA) is 66.4 Å². The summed E-state index contributed by atoms with van der Waals surface area (Å²) < 4.78 is 27.8. The molecule has 108 valence electrons. The van der Waals surface area contributed by atoms with Crippen molar-refractivity contribution >= 4 is 10.0 Å². The first-order valence-electron chi connectivity index (χ1n) is 6.59. The van der Waals surface area contributed by atoms with Crippen LogP contribution in [0.15, 0.2) is 29.2 Å². The Hall–Kier alpha value is -1.35. The van der Waals surface area contributed by atoms with Crippen molar-refractivity contribution in [2.45, 2.75) is 37.1 Å². The first-order valence-corrected chi connectivity index (χ1v) is 8.08. The average Bonchev–Trinajstić information content (AvgIpc) is 3.20. The molecule has 0 heterocycles. The fraction of sp³-hybridized carbons (Fsp3) is 0.467. The second kappa shape index (κ2) is 5.57. The standard InChI is InChI=1S/C15H19NO3S/c1-15(2,13-9-10-13)16-20(18,19)14-8-4-3-6-12(14)7-5-11-17/h3-4,6,8,13,16-17H,9-11H2,1-2H3. The van der Waals surface area contributed by atoms with Gasteiger partial charge in [0, 0.05) is 11.1 Å². The van der Waals surface area contributed by atoms with Gasteiger partial charge >= 0.3 is 0 Å². The van der Waals surface area contributed by atoms with Crippen molar-refractivity contribution in [3.05, 3.63) is 29.8 Å².